The second kappa shape index (κ2) is 9.18. The third-order valence-corrected chi connectivity index (χ3v) is 5.33. The molecule has 0 spiro atoms. The number of aliphatic hydroxyl groups is 1. The van der Waals surface area contributed by atoms with Crippen molar-refractivity contribution in [1.82, 2.24) is 15.0 Å². The molecule has 0 radical (unpaired) electrons. The molecule has 150 valence electrons. The molecule has 2 heterocycles. The number of fused-ring (bicyclic) bond motifs is 1. The number of piperidine rings is 1. The van der Waals surface area contributed by atoms with E-state index < -0.39 is 6.10 Å². The van der Waals surface area contributed by atoms with Crippen molar-refractivity contribution in [2.75, 3.05) is 32.7 Å². The molecule has 1 aliphatic rings. The van der Waals surface area contributed by atoms with Crippen LogP contribution in [0.1, 0.15) is 38.3 Å². The highest BCUT2D eigenvalue weighted by Crippen LogP contribution is 2.32. The molecule has 3 rings (SSSR count). The highest BCUT2D eigenvalue weighted by molar-refractivity contribution is 5.83. The van der Waals surface area contributed by atoms with Crippen LogP contribution in [0.25, 0.3) is 11.0 Å². The van der Waals surface area contributed by atoms with Crippen LogP contribution < -0.4 is 0 Å². The average molecular weight is 387 g/mol. The van der Waals surface area contributed by atoms with E-state index in [4.69, 9.17) is 4.52 Å². The zero-order chi connectivity index (χ0) is 20.1. The minimum Gasteiger partial charge on any atom is -0.372 e. The van der Waals surface area contributed by atoms with E-state index in [1.165, 1.54) is 12.1 Å². The van der Waals surface area contributed by atoms with Crippen LogP contribution in [0.4, 0.5) is 4.39 Å². The van der Waals surface area contributed by atoms with Gasteiger partial charge < -0.3 is 19.4 Å². The molecule has 1 fully saturated rings. The summed E-state index contributed by atoms with van der Waals surface area (Å²) in [6.45, 7) is 7.14. The lowest BCUT2D eigenvalue weighted by atomic mass is 9.91. The number of hydrogen-bond acceptors (Lipinski definition) is 5. The monoisotopic (exact) mass is 387 g/mol. The highest BCUT2D eigenvalue weighted by Gasteiger charge is 2.26. The standard InChI is InChI=1S/C21H26FN3O3/c1-3-5-18(26)21(27)25(4-2)13-12-24-10-8-15(9-11-24)20-17-7-6-16(22)14-19(17)28-23-20/h6-7,14-15,18,26H,4,8-13H2,1-2H3. The van der Waals surface area contributed by atoms with E-state index >= 15 is 0 Å². The average Bonchev–Trinajstić information content (AvgIpc) is 3.12. The van der Waals surface area contributed by atoms with E-state index in [0.29, 0.717) is 18.7 Å². The molecule has 0 bridgehead atoms. The Balaban J connectivity index is 1.53. The fourth-order valence-electron chi connectivity index (χ4n) is 3.71. The maximum Gasteiger partial charge on any atom is 0.264 e. The first-order valence-corrected chi connectivity index (χ1v) is 9.69. The van der Waals surface area contributed by atoms with Crippen LogP contribution in [0.2, 0.25) is 0 Å². The number of aliphatic hydroxyl groups excluding tert-OH is 1. The summed E-state index contributed by atoms with van der Waals surface area (Å²) in [5, 5.41) is 14.8. The van der Waals surface area contributed by atoms with Crippen molar-refractivity contribution < 1.29 is 18.8 Å². The second-order valence-corrected chi connectivity index (χ2v) is 7.04. The number of carbonyl (C=O) groups is 1. The van der Waals surface area contributed by atoms with E-state index in [1.807, 2.05) is 6.92 Å². The molecule has 1 aliphatic heterocycles. The molecule has 1 saturated heterocycles. The first-order valence-electron chi connectivity index (χ1n) is 9.69. The Hall–Kier alpha value is -2.43. The van der Waals surface area contributed by atoms with Crippen LogP contribution in [0.5, 0.6) is 0 Å². The summed E-state index contributed by atoms with van der Waals surface area (Å²) in [6, 6.07) is 4.54. The van der Waals surface area contributed by atoms with E-state index in [2.05, 4.69) is 21.9 Å². The van der Waals surface area contributed by atoms with Gasteiger partial charge in [0.1, 0.15) is 5.82 Å². The molecule has 7 heteroatoms. The lowest BCUT2D eigenvalue weighted by Crippen LogP contribution is -2.44. The summed E-state index contributed by atoms with van der Waals surface area (Å²) < 4.78 is 18.6. The van der Waals surface area contributed by atoms with Gasteiger partial charge in [-0.25, -0.2) is 4.39 Å². The first kappa shape index (κ1) is 20.3. The van der Waals surface area contributed by atoms with Crippen LogP contribution in [0.15, 0.2) is 22.7 Å². The molecule has 2 aromatic rings. The van der Waals surface area contributed by atoms with Gasteiger partial charge >= 0.3 is 0 Å². The van der Waals surface area contributed by atoms with Gasteiger partial charge in [0.25, 0.3) is 5.91 Å². The zero-order valence-electron chi connectivity index (χ0n) is 16.3. The van der Waals surface area contributed by atoms with E-state index in [0.717, 1.165) is 43.6 Å². The number of carbonyl (C=O) groups excluding carboxylic acids is 1. The Morgan fingerprint density at radius 1 is 1.46 bits per heavy atom. The SMILES string of the molecule is CC#CC(O)C(=O)N(CC)CCN1CCC(c2noc3cc(F)ccc23)CC1. The van der Waals surface area contributed by atoms with Crippen molar-refractivity contribution in [2.24, 2.45) is 0 Å². The predicted molar refractivity (Wildman–Crippen MR) is 104 cm³/mol. The van der Waals surface area contributed by atoms with Gasteiger partial charge in [-0.1, -0.05) is 11.1 Å². The number of amides is 1. The highest BCUT2D eigenvalue weighted by atomic mass is 19.1. The normalized spacial score (nSPS) is 16.6. The lowest BCUT2D eigenvalue weighted by molar-refractivity contribution is -0.137. The molecule has 1 unspecified atom stereocenters. The Morgan fingerprint density at radius 3 is 2.89 bits per heavy atom. The predicted octanol–water partition coefficient (Wildman–Crippen LogP) is 2.38. The summed E-state index contributed by atoms with van der Waals surface area (Å²) >= 11 is 0. The second-order valence-electron chi connectivity index (χ2n) is 7.04. The number of benzene rings is 1. The number of halogens is 1. The van der Waals surface area contributed by atoms with Gasteiger partial charge in [0.05, 0.1) is 5.69 Å². The van der Waals surface area contributed by atoms with Crippen LogP contribution in [0.3, 0.4) is 0 Å². The van der Waals surface area contributed by atoms with Gasteiger partial charge in [0.2, 0.25) is 0 Å². The number of rotatable bonds is 6. The first-order chi connectivity index (χ1) is 13.5. The van der Waals surface area contributed by atoms with Gasteiger partial charge in [-0.2, -0.15) is 0 Å². The topological polar surface area (TPSA) is 69.8 Å². The van der Waals surface area contributed by atoms with Crippen LogP contribution in [0, 0.1) is 17.7 Å². The number of likely N-dealkylation sites (N-methyl/N-ethyl adjacent to an activating group) is 1. The van der Waals surface area contributed by atoms with Gasteiger partial charge in [0.15, 0.2) is 11.7 Å². The largest absolute Gasteiger partial charge is 0.372 e. The lowest BCUT2D eigenvalue weighted by Gasteiger charge is -2.33. The maximum atomic E-state index is 13.3. The van der Waals surface area contributed by atoms with Crippen molar-refractivity contribution in [3.63, 3.8) is 0 Å². The van der Waals surface area contributed by atoms with Crippen molar-refractivity contribution >= 4 is 16.9 Å². The maximum absolute atomic E-state index is 13.3. The molecule has 1 atom stereocenters. The fourth-order valence-corrected chi connectivity index (χ4v) is 3.71. The quantitative estimate of drug-likeness (QED) is 0.771. The minimum absolute atomic E-state index is 0.286. The number of likely N-dealkylation sites (tertiary alicyclic amines) is 1. The molecular weight excluding hydrogens is 361 g/mol. The molecule has 0 saturated carbocycles. The van der Waals surface area contributed by atoms with E-state index in [1.54, 1.807) is 17.9 Å². The van der Waals surface area contributed by atoms with Gasteiger partial charge in [-0.05, 0) is 51.9 Å². The van der Waals surface area contributed by atoms with E-state index in [-0.39, 0.29) is 17.6 Å². The number of nitrogens with zero attached hydrogens (tertiary/aromatic N) is 3. The Kier molecular flexibility index (Phi) is 6.65. The van der Waals surface area contributed by atoms with Gasteiger partial charge in [0, 0.05) is 37.0 Å². The van der Waals surface area contributed by atoms with Crippen LogP contribution in [-0.4, -0.2) is 64.8 Å². The zero-order valence-corrected chi connectivity index (χ0v) is 16.3. The number of aromatic nitrogens is 1. The molecule has 6 nitrogen and oxygen atoms in total. The Bertz CT molecular complexity index is 878. The fraction of sp³-hybridized carbons (Fsp3) is 0.524. The molecule has 1 N–H and O–H groups in total. The number of hydrogen-bond donors (Lipinski definition) is 1. The molecule has 28 heavy (non-hydrogen) atoms. The molecule has 1 aromatic carbocycles. The summed E-state index contributed by atoms with van der Waals surface area (Å²) in [6.07, 6.45) is 0.618. The van der Waals surface area contributed by atoms with Crippen molar-refractivity contribution in [1.29, 1.82) is 0 Å². The van der Waals surface area contributed by atoms with Gasteiger partial charge in [-0.3, -0.25) is 4.79 Å². The van der Waals surface area contributed by atoms with Crippen LogP contribution in [-0.2, 0) is 4.79 Å². The third-order valence-electron chi connectivity index (χ3n) is 5.33. The Morgan fingerprint density at radius 2 is 2.21 bits per heavy atom. The minimum atomic E-state index is -1.25. The van der Waals surface area contributed by atoms with Crippen molar-refractivity contribution in [2.45, 2.75) is 38.7 Å². The van der Waals surface area contributed by atoms with Crippen molar-refractivity contribution in [3.8, 4) is 11.8 Å². The summed E-state index contributed by atoms with van der Waals surface area (Å²) in [5.74, 6) is 4.70. The summed E-state index contributed by atoms with van der Waals surface area (Å²) in [5.41, 5.74) is 1.39. The molecule has 1 amide bonds. The molecule has 0 aliphatic carbocycles. The summed E-state index contributed by atoms with van der Waals surface area (Å²) in [7, 11) is 0. The smallest absolute Gasteiger partial charge is 0.264 e. The van der Waals surface area contributed by atoms with Gasteiger partial charge in [-0.15, -0.1) is 5.92 Å². The van der Waals surface area contributed by atoms with E-state index in [9.17, 15) is 14.3 Å². The molecule has 1 aromatic heterocycles. The molecular formula is C21H26FN3O3. The van der Waals surface area contributed by atoms with Crippen molar-refractivity contribution in [3.05, 3.63) is 29.7 Å². The van der Waals surface area contributed by atoms with Crippen LogP contribution >= 0.6 is 0 Å². The summed E-state index contributed by atoms with van der Waals surface area (Å²) in [4.78, 5) is 16.2. The third kappa shape index (κ3) is 4.51. The Labute approximate surface area is 164 Å².